The second-order valence-electron chi connectivity index (χ2n) is 4.55. The zero-order valence-electron chi connectivity index (χ0n) is 11.0. The maximum absolute atomic E-state index is 12.4. The highest BCUT2D eigenvalue weighted by Crippen LogP contribution is 2.23. The number of amides is 1. The van der Waals surface area contributed by atoms with Gasteiger partial charge in [-0.15, -0.1) is 0 Å². The first kappa shape index (κ1) is 12.9. The Labute approximate surface area is 120 Å². The van der Waals surface area contributed by atoms with Crippen LogP contribution >= 0.6 is 0 Å². The number of hydrogen-bond donors (Lipinski definition) is 2. The van der Waals surface area contributed by atoms with Crippen LogP contribution in [0.1, 0.15) is 20.7 Å². The van der Waals surface area contributed by atoms with Gasteiger partial charge in [0.2, 0.25) is 0 Å². The molecule has 104 valence electrons. The molecule has 1 heterocycles. The Morgan fingerprint density at radius 3 is 2.14 bits per heavy atom. The molecule has 0 bridgehead atoms. The minimum absolute atomic E-state index is 0.116. The third kappa shape index (κ3) is 2.36. The van der Waals surface area contributed by atoms with Crippen molar-refractivity contribution >= 4 is 22.6 Å². The summed E-state index contributed by atoms with van der Waals surface area (Å²) in [5.74, 6) is -1.41. The van der Waals surface area contributed by atoms with E-state index in [1.807, 2.05) is 0 Å². The van der Waals surface area contributed by atoms with E-state index < -0.39 is 5.97 Å². The van der Waals surface area contributed by atoms with E-state index in [9.17, 15) is 14.7 Å². The molecule has 3 rings (SSSR count). The van der Waals surface area contributed by atoms with Gasteiger partial charge in [-0.2, -0.15) is 0 Å². The second kappa shape index (κ2) is 5.13. The van der Waals surface area contributed by atoms with E-state index >= 15 is 0 Å². The van der Waals surface area contributed by atoms with Gasteiger partial charge in [0.05, 0.1) is 5.56 Å². The molecule has 0 atom stereocenters. The number of fused-ring (bicyclic) bond motifs is 1. The van der Waals surface area contributed by atoms with Gasteiger partial charge in [-0.1, -0.05) is 24.3 Å². The van der Waals surface area contributed by atoms with Crippen molar-refractivity contribution in [3.05, 3.63) is 72.1 Å². The van der Waals surface area contributed by atoms with Crippen LogP contribution in [0.5, 0.6) is 0 Å². The van der Waals surface area contributed by atoms with Gasteiger partial charge in [-0.3, -0.25) is 14.9 Å². The minimum atomic E-state index is -1.05. The molecule has 0 unspecified atom stereocenters. The smallest absolute Gasteiger partial charge is 0.336 e. The highest BCUT2D eigenvalue weighted by Gasteiger charge is 2.16. The zero-order chi connectivity index (χ0) is 14.8. The molecule has 3 aromatic rings. The molecule has 21 heavy (non-hydrogen) atoms. The average Bonchev–Trinajstić information content (AvgIpc) is 2.98. The standard InChI is InChI=1S/C16H12N2O3/c19-15(17-18-9-1-2-10-18)12-7-3-5-11-6-4-8-13(14(11)12)16(20)21/h1-10H,(H,17,19)(H,20,21). The first-order valence-corrected chi connectivity index (χ1v) is 6.36. The van der Waals surface area contributed by atoms with E-state index in [0.717, 1.165) is 5.39 Å². The van der Waals surface area contributed by atoms with Crippen molar-refractivity contribution in [2.75, 3.05) is 5.43 Å². The van der Waals surface area contributed by atoms with Crippen molar-refractivity contribution in [3.8, 4) is 0 Å². The molecule has 0 aliphatic rings. The van der Waals surface area contributed by atoms with Crippen LogP contribution in [0.4, 0.5) is 0 Å². The maximum atomic E-state index is 12.4. The Morgan fingerprint density at radius 2 is 1.52 bits per heavy atom. The molecule has 0 saturated carbocycles. The van der Waals surface area contributed by atoms with Crippen LogP contribution in [0.3, 0.4) is 0 Å². The lowest BCUT2D eigenvalue weighted by atomic mass is 9.99. The van der Waals surface area contributed by atoms with Crippen molar-refractivity contribution in [2.24, 2.45) is 0 Å². The molecule has 0 saturated heterocycles. The van der Waals surface area contributed by atoms with E-state index in [4.69, 9.17) is 0 Å². The van der Waals surface area contributed by atoms with Crippen LogP contribution in [-0.2, 0) is 0 Å². The van der Waals surface area contributed by atoms with Gasteiger partial charge < -0.3 is 5.11 Å². The molecule has 2 aromatic carbocycles. The molecule has 1 aromatic heterocycles. The SMILES string of the molecule is O=C(O)c1cccc2cccc(C(=O)Nn3cccc3)c12. The van der Waals surface area contributed by atoms with E-state index in [-0.39, 0.29) is 11.5 Å². The number of benzene rings is 2. The van der Waals surface area contributed by atoms with Crippen molar-refractivity contribution in [3.63, 3.8) is 0 Å². The zero-order valence-corrected chi connectivity index (χ0v) is 11.0. The van der Waals surface area contributed by atoms with Gasteiger partial charge in [0, 0.05) is 23.3 Å². The van der Waals surface area contributed by atoms with Crippen LogP contribution < -0.4 is 5.43 Å². The molecule has 5 nitrogen and oxygen atoms in total. The first-order chi connectivity index (χ1) is 10.2. The third-order valence-corrected chi connectivity index (χ3v) is 3.21. The third-order valence-electron chi connectivity index (χ3n) is 3.21. The first-order valence-electron chi connectivity index (χ1n) is 6.36. The van der Waals surface area contributed by atoms with Crippen molar-refractivity contribution in [1.82, 2.24) is 4.68 Å². The number of hydrogen-bond acceptors (Lipinski definition) is 2. The number of nitrogens with one attached hydrogen (secondary N) is 1. The summed E-state index contributed by atoms with van der Waals surface area (Å²) in [5, 5.41) is 10.5. The van der Waals surface area contributed by atoms with Gasteiger partial charge >= 0.3 is 5.97 Å². The number of nitrogens with zero attached hydrogens (tertiary/aromatic N) is 1. The summed E-state index contributed by atoms with van der Waals surface area (Å²) in [6, 6.07) is 13.7. The van der Waals surface area contributed by atoms with Gasteiger partial charge in [-0.25, -0.2) is 4.79 Å². The van der Waals surface area contributed by atoms with E-state index in [1.165, 1.54) is 10.7 Å². The van der Waals surface area contributed by atoms with E-state index in [1.54, 1.807) is 54.9 Å². The summed E-state index contributed by atoms with van der Waals surface area (Å²) in [5.41, 5.74) is 3.13. The van der Waals surface area contributed by atoms with Crippen LogP contribution in [-0.4, -0.2) is 21.7 Å². The van der Waals surface area contributed by atoms with E-state index in [2.05, 4.69) is 5.43 Å². The molecular formula is C16H12N2O3. The Kier molecular flexibility index (Phi) is 3.16. The predicted molar refractivity (Wildman–Crippen MR) is 79.0 cm³/mol. The predicted octanol–water partition coefficient (Wildman–Crippen LogP) is 2.72. The fourth-order valence-corrected chi connectivity index (χ4v) is 2.29. The minimum Gasteiger partial charge on any atom is -0.478 e. The van der Waals surface area contributed by atoms with Crippen LogP contribution in [0, 0.1) is 0 Å². The summed E-state index contributed by atoms with van der Waals surface area (Å²) >= 11 is 0. The molecule has 0 aliphatic heterocycles. The summed E-state index contributed by atoms with van der Waals surface area (Å²) in [6.45, 7) is 0. The summed E-state index contributed by atoms with van der Waals surface area (Å²) in [4.78, 5) is 23.7. The average molecular weight is 280 g/mol. The number of aromatic carboxylic acids is 1. The Morgan fingerprint density at radius 1 is 0.905 bits per heavy atom. The number of aromatic nitrogens is 1. The molecule has 0 spiro atoms. The number of carboxylic acids is 1. The Balaban J connectivity index is 2.13. The quantitative estimate of drug-likeness (QED) is 0.775. The second-order valence-corrected chi connectivity index (χ2v) is 4.55. The summed E-state index contributed by atoms with van der Waals surface area (Å²) in [7, 11) is 0. The van der Waals surface area contributed by atoms with Gasteiger partial charge in [-0.05, 0) is 29.7 Å². The van der Waals surface area contributed by atoms with Gasteiger partial charge in [0.15, 0.2) is 0 Å². The monoisotopic (exact) mass is 280 g/mol. The highest BCUT2D eigenvalue weighted by molar-refractivity contribution is 6.16. The molecule has 1 amide bonds. The van der Waals surface area contributed by atoms with E-state index in [0.29, 0.717) is 10.9 Å². The van der Waals surface area contributed by atoms with Crippen molar-refractivity contribution < 1.29 is 14.7 Å². The Hall–Kier alpha value is -3.08. The lowest BCUT2D eigenvalue weighted by Gasteiger charge is -2.10. The fourth-order valence-electron chi connectivity index (χ4n) is 2.29. The highest BCUT2D eigenvalue weighted by atomic mass is 16.4. The molecule has 0 aliphatic carbocycles. The number of carboxylic acid groups (broad SMARTS) is 1. The lowest BCUT2D eigenvalue weighted by Crippen LogP contribution is -2.22. The van der Waals surface area contributed by atoms with Gasteiger partial charge in [0.25, 0.3) is 5.91 Å². The van der Waals surface area contributed by atoms with Crippen molar-refractivity contribution in [1.29, 1.82) is 0 Å². The largest absolute Gasteiger partial charge is 0.478 e. The van der Waals surface area contributed by atoms with Crippen LogP contribution in [0.15, 0.2) is 60.9 Å². The van der Waals surface area contributed by atoms with Crippen LogP contribution in [0.2, 0.25) is 0 Å². The molecule has 2 N–H and O–H groups in total. The topological polar surface area (TPSA) is 71.3 Å². The van der Waals surface area contributed by atoms with Gasteiger partial charge in [0.1, 0.15) is 0 Å². The summed E-state index contributed by atoms with van der Waals surface area (Å²) < 4.78 is 1.52. The maximum Gasteiger partial charge on any atom is 0.336 e. The summed E-state index contributed by atoms with van der Waals surface area (Å²) in [6.07, 6.45) is 3.39. The fraction of sp³-hybridized carbons (Fsp3) is 0. The number of carbonyl (C=O) groups excluding carboxylic acids is 1. The number of rotatable bonds is 3. The normalized spacial score (nSPS) is 10.5. The number of carbonyl (C=O) groups is 2. The molecule has 5 heteroatoms. The van der Waals surface area contributed by atoms with Crippen molar-refractivity contribution in [2.45, 2.75) is 0 Å². The molecule has 0 radical (unpaired) electrons. The Bertz CT molecular complexity index is 817. The molecular weight excluding hydrogens is 268 g/mol. The molecule has 0 fully saturated rings. The van der Waals surface area contributed by atoms with Crippen LogP contribution in [0.25, 0.3) is 10.8 Å². The lowest BCUT2D eigenvalue weighted by molar-refractivity contribution is 0.0699.